The summed E-state index contributed by atoms with van der Waals surface area (Å²) in [5.41, 5.74) is 0.769. The lowest BCUT2D eigenvalue weighted by Gasteiger charge is -2.32. The Morgan fingerprint density at radius 1 is 1.36 bits per heavy atom. The summed E-state index contributed by atoms with van der Waals surface area (Å²) in [5.74, 6) is 0.0263. The molecule has 0 aliphatic carbocycles. The summed E-state index contributed by atoms with van der Waals surface area (Å²) in [4.78, 5) is 24.7. The number of ether oxygens (including phenoxy) is 1. The summed E-state index contributed by atoms with van der Waals surface area (Å²) >= 11 is 0. The molecule has 0 amide bonds. The third-order valence-electron chi connectivity index (χ3n) is 4.40. The zero-order valence-electron chi connectivity index (χ0n) is 14.5. The highest BCUT2D eigenvalue weighted by atomic mass is 16.6. The van der Waals surface area contributed by atoms with E-state index in [1.165, 1.54) is 22.8 Å². The first-order valence-corrected chi connectivity index (χ1v) is 8.56. The molecular formula is C17H23N3O5. The van der Waals surface area contributed by atoms with Crippen molar-refractivity contribution in [1.29, 1.82) is 0 Å². The minimum atomic E-state index is -0.492. The van der Waals surface area contributed by atoms with Crippen molar-refractivity contribution in [2.24, 2.45) is 5.92 Å². The Morgan fingerprint density at radius 3 is 2.72 bits per heavy atom. The normalized spacial score (nSPS) is 16.8. The Morgan fingerprint density at radius 2 is 2.08 bits per heavy atom. The van der Waals surface area contributed by atoms with Crippen molar-refractivity contribution >= 4 is 16.8 Å². The van der Waals surface area contributed by atoms with Crippen LogP contribution in [-0.2, 0) is 11.4 Å². The Hall–Kier alpha value is -2.19. The van der Waals surface area contributed by atoms with Gasteiger partial charge in [-0.3, -0.25) is 19.6 Å². The van der Waals surface area contributed by atoms with Gasteiger partial charge in [-0.05, 0) is 24.8 Å². The maximum Gasteiger partial charge on any atom is 0.421 e. The molecule has 0 atom stereocenters. The van der Waals surface area contributed by atoms with E-state index < -0.39 is 10.7 Å². The highest BCUT2D eigenvalue weighted by Crippen LogP contribution is 2.21. The lowest BCUT2D eigenvalue weighted by Crippen LogP contribution is -2.39. The number of piperidine rings is 1. The number of nitrogens with zero attached hydrogens (tertiary/aromatic N) is 3. The third kappa shape index (κ3) is 4.08. The molecule has 25 heavy (non-hydrogen) atoms. The first-order chi connectivity index (χ1) is 11.9. The molecule has 1 aliphatic rings. The fourth-order valence-electron chi connectivity index (χ4n) is 3.04. The van der Waals surface area contributed by atoms with Gasteiger partial charge >= 0.3 is 5.76 Å². The van der Waals surface area contributed by atoms with Crippen LogP contribution in [0.1, 0.15) is 26.7 Å². The number of benzene rings is 1. The third-order valence-corrected chi connectivity index (χ3v) is 4.40. The van der Waals surface area contributed by atoms with Crippen LogP contribution in [0.15, 0.2) is 27.4 Å². The molecule has 2 aromatic rings. The Labute approximate surface area is 145 Å². The van der Waals surface area contributed by atoms with Crippen LogP contribution in [0.2, 0.25) is 0 Å². The van der Waals surface area contributed by atoms with Crippen molar-refractivity contribution in [2.75, 3.05) is 19.7 Å². The van der Waals surface area contributed by atoms with Gasteiger partial charge < -0.3 is 9.15 Å². The monoisotopic (exact) mass is 349 g/mol. The second-order valence-corrected chi connectivity index (χ2v) is 6.89. The van der Waals surface area contributed by atoms with Crippen LogP contribution < -0.4 is 5.76 Å². The second kappa shape index (κ2) is 7.37. The molecule has 136 valence electrons. The van der Waals surface area contributed by atoms with E-state index in [0.717, 1.165) is 32.5 Å². The van der Waals surface area contributed by atoms with Gasteiger partial charge in [0.05, 0.1) is 23.2 Å². The molecule has 1 aromatic carbocycles. The van der Waals surface area contributed by atoms with Crippen molar-refractivity contribution in [3.8, 4) is 0 Å². The first-order valence-electron chi connectivity index (χ1n) is 8.56. The second-order valence-electron chi connectivity index (χ2n) is 6.89. The molecule has 1 aliphatic heterocycles. The summed E-state index contributed by atoms with van der Waals surface area (Å²) in [6, 6.07) is 4.20. The minimum absolute atomic E-state index is 0.0529. The molecule has 0 unspecified atom stereocenters. The molecule has 8 heteroatoms. The lowest BCUT2D eigenvalue weighted by atomic mass is 10.1. The van der Waals surface area contributed by atoms with E-state index >= 15 is 0 Å². The zero-order chi connectivity index (χ0) is 18.0. The van der Waals surface area contributed by atoms with Crippen molar-refractivity contribution in [1.82, 2.24) is 9.47 Å². The van der Waals surface area contributed by atoms with Crippen molar-refractivity contribution in [3.63, 3.8) is 0 Å². The first kappa shape index (κ1) is 17.6. The number of nitro groups is 1. The number of nitro benzene ring substituents is 1. The summed E-state index contributed by atoms with van der Waals surface area (Å²) in [7, 11) is 0. The molecule has 1 aromatic heterocycles. The highest BCUT2D eigenvalue weighted by Gasteiger charge is 2.22. The van der Waals surface area contributed by atoms with E-state index in [1.54, 1.807) is 0 Å². The van der Waals surface area contributed by atoms with Gasteiger partial charge in [0.2, 0.25) is 0 Å². The SMILES string of the molecule is CC(C)COC1CCN(Cn2c(=O)oc3ccc([N+](=O)[O-])cc32)CC1. The molecular weight excluding hydrogens is 326 g/mol. The predicted octanol–water partition coefficient (Wildman–Crippen LogP) is 2.60. The molecule has 0 N–H and O–H groups in total. The number of oxazole rings is 1. The van der Waals surface area contributed by atoms with Gasteiger partial charge in [-0.15, -0.1) is 0 Å². The number of non-ortho nitro benzene ring substituents is 1. The average Bonchev–Trinajstić information content (AvgIpc) is 2.89. The van der Waals surface area contributed by atoms with E-state index in [4.69, 9.17) is 9.15 Å². The fraction of sp³-hybridized carbons (Fsp3) is 0.588. The molecule has 0 radical (unpaired) electrons. The van der Waals surface area contributed by atoms with Crippen LogP contribution >= 0.6 is 0 Å². The van der Waals surface area contributed by atoms with Gasteiger partial charge in [0.1, 0.15) is 0 Å². The largest absolute Gasteiger partial charge is 0.421 e. The van der Waals surface area contributed by atoms with E-state index in [1.807, 2.05) is 0 Å². The van der Waals surface area contributed by atoms with Crippen molar-refractivity contribution in [2.45, 2.75) is 39.5 Å². The Balaban J connectivity index is 1.69. The summed E-state index contributed by atoms with van der Waals surface area (Å²) in [5, 5.41) is 11.0. The van der Waals surface area contributed by atoms with Crippen LogP contribution in [0.5, 0.6) is 0 Å². The van der Waals surface area contributed by atoms with Gasteiger partial charge in [-0.1, -0.05) is 13.8 Å². The maximum absolute atomic E-state index is 12.1. The summed E-state index contributed by atoms with van der Waals surface area (Å²) in [6.07, 6.45) is 2.09. The molecule has 2 heterocycles. The predicted molar refractivity (Wildman–Crippen MR) is 92.5 cm³/mol. The topological polar surface area (TPSA) is 90.8 Å². The fourth-order valence-corrected chi connectivity index (χ4v) is 3.04. The highest BCUT2D eigenvalue weighted by molar-refractivity contribution is 5.75. The number of hydrogen-bond donors (Lipinski definition) is 0. The number of hydrogen-bond acceptors (Lipinski definition) is 6. The molecule has 8 nitrogen and oxygen atoms in total. The van der Waals surface area contributed by atoms with Crippen LogP contribution in [-0.4, -0.2) is 40.2 Å². The molecule has 1 fully saturated rings. The molecule has 1 saturated heterocycles. The standard InChI is InChI=1S/C17H23N3O5/c1-12(2)10-24-14-5-7-18(8-6-14)11-19-15-9-13(20(22)23)3-4-16(15)25-17(19)21/h3-4,9,12,14H,5-8,10-11H2,1-2H3. The van der Waals surface area contributed by atoms with Gasteiger partial charge in [0.15, 0.2) is 5.58 Å². The van der Waals surface area contributed by atoms with E-state index in [-0.39, 0.29) is 11.8 Å². The van der Waals surface area contributed by atoms with Crippen molar-refractivity contribution < 1.29 is 14.1 Å². The number of rotatable bonds is 6. The number of likely N-dealkylation sites (tertiary alicyclic amines) is 1. The number of fused-ring (bicyclic) bond motifs is 1. The van der Waals surface area contributed by atoms with Crippen molar-refractivity contribution in [3.05, 3.63) is 38.9 Å². The molecule has 0 bridgehead atoms. The Kier molecular flexibility index (Phi) is 5.19. The van der Waals surface area contributed by atoms with E-state index in [2.05, 4.69) is 18.7 Å². The number of aromatic nitrogens is 1. The molecule has 0 saturated carbocycles. The lowest BCUT2D eigenvalue weighted by molar-refractivity contribution is -0.384. The van der Waals surface area contributed by atoms with Gasteiger partial charge in [-0.25, -0.2) is 4.79 Å². The minimum Gasteiger partial charge on any atom is -0.408 e. The Bertz CT molecular complexity index is 802. The van der Waals surface area contributed by atoms with Crippen LogP contribution in [0.4, 0.5) is 5.69 Å². The van der Waals surface area contributed by atoms with Gasteiger partial charge in [-0.2, -0.15) is 0 Å². The van der Waals surface area contributed by atoms with Crippen LogP contribution in [0.25, 0.3) is 11.1 Å². The summed E-state index contributed by atoms with van der Waals surface area (Å²) in [6.45, 7) is 7.02. The average molecular weight is 349 g/mol. The van der Waals surface area contributed by atoms with E-state index in [9.17, 15) is 14.9 Å². The molecule has 0 spiro atoms. The van der Waals surface area contributed by atoms with Gasteiger partial charge in [0, 0.05) is 31.8 Å². The zero-order valence-corrected chi connectivity index (χ0v) is 14.5. The van der Waals surface area contributed by atoms with Crippen LogP contribution in [0, 0.1) is 16.0 Å². The smallest absolute Gasteiger partial charge is 0.408 e. The quantitative estimate of drug-likeness (QED) is 0.588. The van der Waals surface area contributed by atoms with E-state index in [0.29, 0.717) is 23.7 Å². The van der Waals surface area contributed by atoms with Gasteiger partial charge in [0.25, 0.3) is 5.69 Å². The summed E-state index contributed by atoms with van der Waals surface area (Å²) < 4.78 is 12.5. The molecule has 3 rings (SSSR count). The maximum atomic E-state index is 12.1. The van der Waals surface area contributed by atoms with Crippen LogP contribution in [0.3, 0.4) is 0 Å².